The summed E-state index contributed by atoms with van der Waals surface area (Å²) in [4.78, 5) is 12.3. The first-order chi connectivity index (χ1) is 8.50. The number of rotatable bonds is 2. The Labute approximate surface area is 108 Å². The van der Waals surface area contributed by atoms with Crippen LogP contribution in [0.2, 0.25) is 0 Å². The molecule has 2 unspecified atom stereocenters. The summed E-state index contributed by atoms with van der Waals surface area (Å²) in [6, 6.07) is 0.547. The van der Waals surface area contributed by atoms with E-state index in [9.17, 15) is 4.79 Å². The van der Waals surface area contributed by atoms with Crippen LogP contribution in [0, 0.1) is 13.8 Å². The van der Waals surface area contributed by atoms with Crippen molar-refractivity contribution < 1.29 is 4.79 Å². The summed E-state index contributed by atoms with van der Waals surface area (Å²) in [6.45, 7) is 6.97. The van der Waals surface area contributed by atoms with E-state index in [1.165, 1.54) is 0 Å². The van der Waals surface area contributed by atoms with Crippen molar-refractivity contribution in [1.29, 1.82) is 0 Å². The van der Waals surface area contributed by atoms with E-state index in [1.807, 2.05) is 20.9 Å². The molecular formula is C13H22N4O. The fraction of sp³-hybridized carbons (Fsp3) is 0.692. The van der Waals surface area contributed by atoms with Gasteiger partial charge < -0.3 is 10.6 Å². The van der Waals surface area contributed by atoms with Gasteiger partial charge in [-0.2, -0.15) is 5.10 Å². The highest BCUT2D eigenvalue weighted by Crippen LogP contribution is 2.14. The molecule has 0 spiro atoms. The number of amides is 1. The molecule has 100 valence electrons. The summed E-state index contributed by atoms with van der Waals surface area (Å²) < 4.78 is 1.76. The van der Waals surface area contributed by atoms with Crippen LogP contribution in [0.15, 0.2) is 0 Å². The summed E-state index contributed by atoms with van der Waals surface area (Å²) in [7, 11) is 1.86. The lowest BCUT2D eigenvalue weighted by molar-refractivity contribution is 0.0918. The van der Waals surface area contributed by atoms with Crippen molar-refractivity contribution in [2.75, 3.05) is 6.54 Å². The van der Waals surface area contributed by atoms with E-state index in [4.69, 9.17) is 0 Å². The van der Waals surface area contributed by atoms with Gasteiger partial charge in [-0.1, -0.05) is 0 Å². The topological polar surface area (TPSA) is 59.0 Å². The number of nitrogens with zero attached hydrogens (tertiary/aromatic N) is 2. The molecule has 1 saturated heterocycles. The molecule has 2 rings (SSSR count). The predicted molar refractivity (Wildman–Crippen MR) is 70.6 cm³/mol. The molecule has 0 bridgehead atoms. The molecule has 18 heavy (non-hydrogen) atoms. The summed E-state index contributed by atoms with van der Waals surface area (Å²) in [5.41, 5.74) is 2.43. The Hall–Kier alpha value is -1.36. The van der Waals surface area contributed by atoms with Crippen LogP contribution in [0.4, 0.5) is 0 Å². The summed E-state index contributed by atoms with van der Waals surface area (Å²) >= 11 is 0. The Balaban J connectivity index is 2.12. The molecule has 5 heteroatoms. The fourth-order valence-electron chi connectivity index (χ4n) is 2.58. The lowest BCUT2D eigenvalue weighted by Crippen LogP contribution is -2.52. The smallest absolute Gasteiger partial charge is 0.255 e. The van der Waals surface area contributed by atoms with Crippen molar-refractivity contribution >= 4 is 5.91 Å². The minimum Gasteiger partial charge on any atom is -0.348 e. The molecule has 1 fully saturated rings. The molecule has 0 saturated carbocycles. The zero-order chi connectivity index (χ0) is 13.3. The maximum Gasteiger partial charge on any atom is 0.255 e. The van der Waals surface area contributed by atoms with Crippen molar-refractivity contribution in [3.05, 3.63) is 17.0 Å². The largest absolute Gasteiger partial charge is 0.348 e. The van der Waals surface area contributed by atoms with Crippen LogP contribution >= 0.6 is 0 Å². The SMILES string of the molecule is Cc1nn(C)c(C)c1C(=O)NC1CCCNC1C. The Bertz CT molecular complexity index is 452. The number of hydrogen-bond acceptors (Lipinski definition) is 3. The van der Waals surface area contributed by atoms with Gasteiger partial charge in [-0.25, -0.2) is 0 Å². The first kappa shape index (κ1) is 13.1. The van der Waals surface area contributed by atoms with Crippen molar-refractivity contribution in [2.45, 2.75) is 45.7 Å². The summed E-state index contributed by atoms with van der Waals surface area (Å²) in [5.74, 6) is -0.00125. The van der Waals surface area contributed by atoms with Crippen molar-refractivity contribution in [3.63, 3.8) is 0 Å². The molecule has 1 aliphatic rings. The minimum absolute atomic E-state index is 0.00125. The molecule has 1 aliphatic heterocycles. The lowest BCUT2D eigenvalue weighted by atomic mass is 9.99. The van der Waals surface area contributed by atoms with Crippen LogP contribution < -0.4 is 10.6 Å². The van der Waals surface area contributed by atoms with Crippen LogP contribution in [0.25, 0.3) is 0 Å². The standard InChI is InChI=1S/C13H22N4O/c1-8-11(6-5-7-14-8)15-13(18)12-9(2)16-17(4)10(12)3/h8,11,14H,5-7H2,1-4H3,(H,15,18). The highest BCUT2D eigenvalue weighted by molar-refractivity contribution is 5.96. The van der Waals surface area contributed by atoms with Gasteiger partial charge >= 0.3 is 0 Å². The van der Waals surface area contributed by atoms with Gasteiger partial charge in [0.25, 0.3) is 5.91 Å². The average molecular weight is 250 g/mol. The number of aromatic nitrogens is 2. The van der Waals surface area contributed by atoms with Gasteiger partial charge in [0, 0.05) is 24.8 Å². The van der Waals surface area contributed by atoms with Crippen molar-refractivity contribution in [1.82, 2.24) is 20.4 Å². The van der Waals surface area contributed by atoms with E-state index in [1.54, 1.807) is 4.68 Å². The zero-order valence-corrected chi connectivity index (χ0v) is 11.6. The van der Waals surface area contributed by atoms with E-state index >= 15 is 0 Å². The molecule has 2 heterocycles. The monoisotopic (exact) mass is 250 g/mol. The maximum absolute atomic E-state index is 12.3. The van der Waals surface area contributed by atoms with Crippen LogP contribution in [0.3, 0.4) is 0 Å². The summed E-state index contributed by atoms with van der Waals surface area (Å²) in [5, 5.41) is 10.8. The Morgan fingerprint density at radius 3 is 2.78 bits per heavy atom. The fourth-order valence-corrected chi connectivity index (χ4v) is 2.58. The average Bonchev–Trinajstić information content (AvgIpc) is 2.56. The van der Waals surface area contributed by atoms with Gasteiger partial charge in [0.05, 0.1) is 11.3 Å². The highest BCUT2D eigenvalue weighted by atomic mass is 16.1. The van der Waals surface area contributed by atoms with E-state index < -0.39 is 0 Å². The normalized spacial score (nSPS) is 24.0. The number of nitrogens with one attached hydrogen (secondary N) is 2. The Morgan fingerprint density at radius 2 is 2.22 bits per heavy atom. The molecule has 1 aromatic rings. The predicted octanol–water partition coefficient (Wildman–Crippen LogP) is 0.907. The van der Waals surface area contributed by atoms with Crippen molar-refractivity contribution in [3.8, 4) is 0 Å². The third-order valence-corrected chi connectivity index (χ3v) is 3.81. The second kappa shape index (κ2) is 5.10. The van der Waals surface area contributed by atoms with Gasteiger partial charge in [0.2, 0.25) is 0 Å². The second-order valence-electron chi connectivity index (χ2n) is 5.13. The molecule has 2 atom stereocenters. The van der Waals surface area contributed by atoms with Crippen LogP contribution in [0.1, 0.15) is 41.5 Å². The van der Waals surface area contributed by atoms with Crippen LogP contribution in [0.5, 0.6) is 0 Å². The molecular weight excluding hydrogens is 228 g/mol. The maximum atomic E-state index is 12.3. The van der Waals surface area contributed by atoms with Gasteiger partial charge in [-0.15, -0.1) is 0 Å². The third-order valence-electron chi connectivity index (χ3n) is 3.81. The molecule has 1 amide bonds. The molecule has 1 aromatic heterocycles. The minimum atomic E-state index is -0.00125. The molecule has 2 N–H and O–H groups in total. The third kappa shape index (κ3) is 2.41. The van der Waals surface area contributed by atoms with E-state index in [2.05, 4.69) is 22.7 Å². The number of aryl methyl sites for hydroxylation is 2. The molecule has 5 nitrogen and oxygen atoms in total. The lowest BCUT2D eigenvalue weighted by Gasteiger charge is -2.30. The molecule has 0 aliphatic carbocycles. The van der Waals surface area contributed by atoms with Gasteiger partial charge in [0.15, 0.2) is 0 Å². The van der Waals surface area contributed by atoms with Gasteiger partial charge in [-0.05, 0) is 40.2 Å². The number of hydrogen-bond donors (Lipinski definition) is 2. The van der Waals surface area contributed by atoms with Crippen LogP contribution in [-0.2, 0) is 7.05 Å². The number of carbonyl (C=O) groups excluding carboxylic acids is 1. The van der Waals surface area contributed by atoms with E-state index in [-0.39, 0.29) is 11.9 Å². The molecule has 0 aromatic carbocycles. The first-order valence-corrected chi connectivity index (χ1v) is 6.55. The van der Waals surface area contributed by atoms with Crippen molar-refractivity contribution in [2.24, 2.45) is 7.05 Å². The second-order valence-corrected chi connectivity index (χ2v) is 5.13. The zero-order valence-electron chi connectivity index (χ0n) is 11.6. The van der Waals surface area contributed by atoms with Gasteiger partial charge in [-0.3, -0.25) is 9.48 Å². The Morgan fingerprint density at radius 1 is 1.50 bits per heavy atom. The Kier molecular flexibility index (Phi) is 3.71. The highest BCUT2D eigenvalue weighted by Gasteiger charge is 2.25. The molecule has 0 radical (unpaired) electrons. The quantitative estimate of drug-likeness (QED) is 0.820. The van der Waals surface area contributed by atoms with Gasteiger partial charge in [0.1, 0.15) is 0 Å². The number of carbonyl (C=O) groups is 1. The summed E-state index contributed by atoms with van der Waals surface area (Å²) in [6.07, 6.45) is 2.15. The first-order valence-electron chi connectivity index (χ1n) is 6.55. The number of piperidine rings is 1. The van der Waals surface area contributed by atoms with E-state index in [0.717, 1.165) is 36.3 Å². The van der Waals surface area contributed by atoms with Crippen LogP contribution in [-0.4, -0.2) is 34.3 Å². The van der Waals surface area contributed by atoms with E-state index in [0.29, 0.717) is 6.04 Å².